The van der Waals surface area contributed by atoms with Crippen LogP contribution in [-0.2, 0) is 11.1 Å². The van der Waals surface area contributed by atoms with Crippen molar-refractivity contribution in [2.75, 3.05) is 12.8 Å². The van der Waals surface area contributed by atoms with Crippen molar-refractivity contribution < 1.29 is 8.76 Å². The highest BCUT2D eigenvalue weighted by molar-refractivity contribution is 7.79. The number of hydrogen-bond acceptors (Lipinski definition) is 3. The Morgan fingerprint density at radius 1 is 1.83 bits per heavy atom. The fourth-order valence-electron chi connectivity index (χ4n) is 0.700. The molecule has 0 aromatic heterocycles. The van der Waals surface area contributed by atoms with Crippen LogP contribution in [0.5, 0.6) is 0 Å². The van der Waals surface area contributed by atoms with E-state index in [1.807, 2.05) is 6.92 Å². The van der Waals surface area contributed by atoms with Gasteiger partial charge in [0.05, 0.1) is 0 Å². The van der Waals surface area contributed by atoms with Gasteiger partial charge in [-0.05, 0) is 6.42 Å². The van der Waals surface area contributed by atoms with Crippen LogP contribution in [0.25, 0.3) is 0 Å². The molecule has 5 nitrogen and oxygen atoms in total. The maximum absolute atomic E-state index is 10.3. The number of rotatable bonds is 4. The molecule has 0 aliphatic carbocycles. The summed E-state index contributed by atoms with van der Waals surface area (Å²) in [7, 11) is 1.54. The number of hydrogen-bond donors (Lipinski definition) is 2. The number of nitrogens with zero attached hydrogens (tertiary/aromatic N) is 1. The van der Waals surface area contributed by atoms with E-state index in [-0.39, 0.29) is 17.8 Å². The third-order valence-electron chi connectivity index (χ3n) is 1.42. The summed E-state index contributed by atoms with van der Waals surface area (Å²) in [6, 6.07) is -0.146. The third kappa shape index (κ3) is 5.09. The van der Waals surface area contributed by atoms with E-state index in [0.29, 0.717) is 6.42 Å². The molecule has 0 saturated heterocycles. The molecule has 12 heavy (non-hydrogen) atoms. The van der Waals surface area contributed by atoms with Crippen molar-refractivity contribution in [2.45, 2.75) is 19.4 Å². The zero-order chi connectivity index (χ0) is 9.56. The Labute approximate surface area is 74.7 Å². The molecule has 0 aliphatic heterocycles. The molecular formula is C6H14N3O2S-. The Morgan fingerprint density at radius 3 is 2.75 bits per heavy atom. The first kappa shape index (κ1) is 11.4. The first-order valence-electron chi connectivity index (χ1n) is 3.64. The predicted molar refractivity (Wildman–Crippen MR) is 48.5 cm³/mol. The lowest BCUT2D eigenvalue weighted by Crippen LogP contribution is -2.42. The summed E-state index contributed by atoms with van der Waals surface area (Å²) in [5.41, 5.74) is 5.36. The van der Waals surface area contributed by atoms with E-state index in [1.54, 1.807) is 7.05 Å². The minimum Gasteiger partial charge on any atom is -0.772 e. The second-order valence-electron chi connectivity index (χ2n) is 2.33. The van der Waals surface area contributed by atoms with E-state index in [2.05, 4.69) is 10.3 Å². The Hall–Kier alpha value is -0.620. The van der Waals surface area contributed by atoms with Gasteiger partial charge in [-0.2, -0.15) is 0 Å². The van der Waals surface area contributed by atoms with Gasteiger partial charge < -0.3 is 15.6 Å². The first-order valence-corrected chi connectivity index (χ1v) is 4.89. The molecular weight excluding hydrogens is 178 g/mol. The molecule has 2 unspecified atom stereocenters. The number of nitrogens with two attached hydrogens (primary N) is 1. The van der Waals surface area contributed by atoms with Crippen LogP contribution in [0.4, 0.5) is 0 Å². The number of aliphatic imine (C=N–C) groups is 1. The summed E-state index contributed by atoms with van der Waals surface area (Å²) in [6.07, 6.45) is 0.699. The van der Waals surface area contributed by atoms with E-state index < -0.39 is 11.1 Å². The smallest absolute Gasteiger partial charge is 0.188 e. The Kier molecular flexibility index (Phi) is 5.65. The van der Waals surface area contributed by atoms with Crippen LogP contribution < -0.4 is 11.1 Å². The number of nitrogens with one attached hydrogen (secondary N) is 1. The molecule has 0 radical (unpaired) electrons. The zero-order valence-electron chi connectivity index (χ0n) is 7.24. The van der Waals surface area contributed by atoms with Crippen molar-refractivity contribution in [1.82, 2.24) is 5.32 Å². The van der Waals surface area contributed by atoms with Crippen LogP contribution in [0.1, 0.15) is 13.3 Å². The van der Waals surface area contributed by atoms with E-state index in [9.17, 15) is 8.76 Å². The quantitative estimate of drug-likeness (QED) is 0.346. The van der Waals surface area contributed by atoms with Crippen LogP contribution in [0.15, 0.2) is 4.99 Å². The van der Waals surface area contributed by atoms with Crippen molar-refractivity contribution in [3.05, 3.63) is 0 Å². The maximum Gasteiger partial charge on any atom is 0.188 e. The average molecular weight is 192 g/mol. The van der Waals surface area contributed by atoms with Crippen molar-refractivity contribution in [2.24, 2.45) is 10.7 Å². The van der Waals surface area contributed by atoms with Gasteiger partial charge in [0.2, 0.25) is 0 Å². The lowest BCUT2D eigenvalue weighted by Gasteiger charge is -2.18. The predicted octanol–water partition coefficient (Wildman–Crippen LogP) is -0.822. The van der Waals surface area contributed by atoms with E-state index >= 15 is 0 Å². The summed E-state index contributed by atoms with van der Waals surface area (Å²) in [4.78, 5) is 3.67. The lowest BCUT2D eigenvalue weighted by molar-refractivity contribution is 0.522. The summed E-state index contributed by atoms with van der Waals surface area (Å²) in [5.74, 6) is 0.333. The molecule has 0 aromatic rings. The highest BCUT2D eigenvalue weighted by atomic mass is 32.2. The molecule has 0 aromatic carbocycles. The highest BCUT2D eigenvalue weighted by Gasteiger charge is 2.05. The van der Waals surface area contributed by atoms with Gasteiger partial charge >= 0.3 is 0 Å². The Bertz CT molecular complexity index is 184. The van der Waals surface area contributed by atoms with Gasteiger partial charge in [-0.15, -0.1) is 0 Å². The summed E-state index contributed by atoms with van der Waals surface area (Å²) < 4.78 is 20.6. The topological polar surface area (TPSA) is 90.5 Å². The SMILES string of the molecule is CCC(CS(=O)[O-])NC(N)=NC. The maximum atomic E-state index is 10.3. The minimum atomic E-state index is -2.04. The van der Waals surface area contributed by atoms with Gasteiger partial charge in [-0.25, -0.2) is 0 Å². The summed E-state index contributed by atoms with van der Waals surface area (Å²) >= 11 is -2.04. The molecule has 2 atom stereocenters. The zero-order valence-corrected chi connectivity index (χ0v) is 8.06. The molecule has 72 valence electrons. The molecule has 0 rings (SSSR count). The van der Waals surface area contributed by atoms with Crippen LogP contribution in [0, 0.1) is 0 Å². The van der Waals surface area contributed by atoms with Crippen molar-refractivity contribution >= 4 is 17.0 Å². The van der Waals surface area contributed by atoms with Crippen LogP contribution in [0.2, 0.25) is 0 Å². The molecule has 0 saturated carbocycles. The second-order valence-corrected chi connectivity index (χ2v) is 3.27. The van der Waals surface area contributed by atoms with Gasteiger partial charge in [0.25, 0.3) is 0 Å². The molecule has 0 fully saturated rings. The highest BCUT2D eigenvalue weighted by Crippen LogP contribution is 1.92. The number of guanidine groups is 1. The molecule has 0 aliphatic rings. The fourth-order valence-corrected chi connectivity index (χ4v) is 1.35. The van der Waals surface area contributed by atoms with Crippen molar-refractivity contribution in [3.8, 4) is 0 Å². The molecule has 6 heteroatoms. The largest absolute Gasteiger partial charge is 0.772 e. The van der Waals surface area contributed by atoms with Gasteiger partial charge in [0.15, 0.2) is 5.96 Å². The van der Waals surface area contributed by atoms with Gasteiger partial charge in [-0.1, -0.05) is 18.0 Å². The Morgan fingerprint density at radius 2 is 2.42 bits per heavy atom. The van der Waals surface area contributed by atoms with E-state index in [1.165, 1.54) is 0 Å². The van der Waals surface area contributed by atoms with Gasteiger partial charge in [0, 0.05) is 18.8 Å². The lowest BCUT2D eigenvalue weighted by atomic mass is 10.3. The molecule has 0 amide bonds. The molecule has 0 spiro atoms. The van der Waals surface area contributed by atoms with Crippen molar-refractivity contribution in [3.63, 3.8) is 0 Å². The normalized spacial score (nSPS) is 17.1. The first-order chi connectivity index (χ1) is 5.60. The van der Waals surface area contributed by atoms with Crippen molar-refractivity contribution in [1.29, 1.82) is 0 Å². The van der Waals surface area contributed by atoms with Gasteiger partial charge in [0.1, 0.15) is 0 Å². The fraction of sp³-hybridized carbons (Fsp3) is 0.833. The monoisotopic (exact) mass is 192 g/mol. The summed E-state index contributed by atoms with van der Waals surface area (Å²) in [6.45, 7) is 1.88. The Balaban J connectivity index is 3.91. The van der Waals surface area contributed by atoms with Crippen LogP contribution in [-0.4, -0.2) is 33.6 Å². The molecule has 3 N–H and O–H groups in total. The van der Waals surface area contributed by atoms with Crippen LogP contribution >= 0.6 is 0 Å². The molecule has 0 bridgehead atoms. The summed E-state index contributed by atoms with van der Waals surface area (Å²) in [5, 5.41) is 2.78. The second kappa shape index (κ2) is 5.96. The van der Waals surface area contributed by atoms with E-state index in [4.69, 9.17) is 5.73 Å². The minimum absolute atomic E-state index is 0.0622. The van der Waals surface area contributed by atoms with Gasteiger partial charge in [-0.3, -0.25) is 9.20 Å². The molecule has 0 heterocycles. The van der Waals surface area contributed by atoms with E-state index in [0.717, 1.165) is 0 Å². The van der Waals surface area contributed by atoms with Crippen LogP contribution in [0.3, 0.4) is 0 Å². The standard InChI is InChI=1S/C6H15N3O2S/c1-3-5(4-12(10)11)9-6(7)8-2/h5H,3-4H2,1-2H3,(H,10,11)(H3,7,8,9)/p-1. The average Bonchev–Trinajstić information content (AvgIpc) is 2.02. The third-order valence-corrected chi connectivity index (χ3v) is 2.10.